The standard InChI is InChI=1S/C52H50P2/c1-33-21-34(2)26-43(25-33)53(44-27-35(3)22-36(4)28-44)49-19-17-41-13-9-11-15-47(41)51(49)52-48-16-12-10-14-42(48)18-20-50(52)54(45-29-37(5)23-38(6)30-45)46-31-39(7)24-40(8)32-46/h9-17,19,21-32H,18,20H2,1-8H3. The Kier molecular flexibility index (Phi) is 10.0. The molecule has 7 aromatic carbocycles. The van der Waals surface area contributed by atoms with Crippen molar-refractivity contribution < 1.29 is 0 Å². The Morgan fingerprint density at radius 3 is 1.31 bits per heavy atom. The van der Waals surface area contributed by atoms with E-state index in [0.29, 0.717) is 0 Å². The molecule has 0 saturated heterocycles. The fraction of sp³-hybridized carbons (Fsp3) is 0.192. The van der Waals surface area contributed by atoms with Crippen LogP contribution in [-0.4, -0.2) is 0 Å². The second-order valence-corrected chi connectivity index (χ2v) is 20.1. The van der Waals surface area contributed by atoms with Gasteiger partial charge in [-0.3, -0.25) is 0 Å². The van der Waals surface area contributed by atoms with Gasteiger partial charge in [-0.15, -0.1) is 0 Å². The summed E-state index contributed by atoms with van der Waals surface area (Å²) in [6, 6.07) is 52.3. The zero-order valence-electron chi connectivity index (χ0n) is 33.0. The van der Waals surface area contributed by atoms with E-state index >= 15 is 0 Å². The summed E-state index contributed by atoms with van der Waals surface area (Å²) in [7, 11) is -1.76. The van der Waals surface area contributed by atoms with Gasteiger partial charge in [-0.05, 0) is 149 Å². The summed E-state index contributed by atoms with van der Waals surface area (Å²) in [5, 5.41) is 11.4. The van der Waals surface area contributed by atoms with E-state index in [1.54, 1.807) is 5.31 Å². The molecule has 8 rings (SSSR count). The average molecular weight is 737 g/mol. The summed E-state index contributed by atoms with van der Waals surface area (Å²) >= 11 is 0. The van der Waals surface area contributed by atoms with Crippen LogP contribution >= 0.6 is 15.8 Å². The topological polar surface area (TPSA) is 0 Å². The van der Waals surface area contributed by atoms with Crippen molar-refractivity contribution in [3.8, 4) is 0 Å². The molecule has 0 aromatic heterocycles. The van der Waals surface area contributed by atoms with Crippen LogP contribution in [-0.2, 0) is 6.42 Å². The molecule has 268 valence electrons. The van der Waals surface area contributed by atoms with Gasteiger partial charge in [-0.25, -0.2) is 0 Å². The maximum Gasteiger partial charge on any atom is -0.00122 e. The minimum Gasteiger partial charge on any atom is -0.0620 e. The minimum atomic E-state index is -0.913. The molecular weight excluding hydrogens is 687 g/mol. The highest BCUT2D eigenvalue weighted by Crippen LogP contribution is 2.55. The Hall–Kier alpha value is -4.60. The lowest BCUT2D eigenvalue weighted by Gasteiger charge is -2.34. The van der Waals surface area contributed by atoms with Gasteiger partial charge in [-0.1, -0.05) is 178 Å². The minimum absolute atomic E-state index is 0.851. The number of benzene rings is 7. The lowest BCUT2D eigenvalue weighted by molar-refractivity contribution is 0.963. The maximum absolute atomic E-state index is 2.50. The fourth-order valence-electron chi connectivity index (χ4n) is 8.93. The number of fused-ring (bicyclic) bond motifs is 2. The molecule has 0 fully saturated rings. The van der Waals surface area contributed by atoms with Crippen molar-refractivity contribution in [3.63, 3.8) is 0 Å². The molecule has 0 saturated carbocycles. The van der Waals surface area contributed by atoms with Crippen LogP contribution in [0.25, 0.3) is 16.3 Å². The molecule has 0 spiro atoms. The van der Waals surface area contributed by atoms with Crippen LogP contribution in [0.2, 0.25) is 0 Å². The SMILES string of the molecule is Cc1cc(C)cc(P(C2=C(c3c(P(c4cc(C)cc(C)c4)c4cc(C)cc(C)c4)ccc4ccccc34)c3ccccc3CC2)c2cc(C)cc(C)c2)c1. The molecule has 7 aromatic rings. The largest absolute Gasteiger partial charge is 0.0620 e. The molecule has 1 aliphatic carbocycles. The van der Waals surface area contributed by atoms with Crippen molar-refractivity contribution >= 4 is 58.7 Å². The molecule has 0 atom stereocenters. The summed E-state index contributed by atoms with van der Waals surface area (Å²) in [5.74, 6) is 0. The lowest BCUT2D eigenvalue weighted by Crippen LogP contribution is -2.26. The average Bonchev–Trinajstić information content (AvgIpc) is 3.10. The highest BCUT2D eigenvalue weighted by molar-refractivity contribution is 7.80. The van der Waals surface area contributed by atoms with E-state index < -0.39 is 15.8 Å². The van der Waals surface area contributed by atoms with E-state index in [-0.39, 0.29) is 0 Å². The van der Waals surface area contributed by atoms with Crippen molar-refractivity contribution in [1.29, 1.82) is 0 Å². The predicted octanol–water partition coefficient (Wildman–Crippen LogP) is 11.9. The van der Waals surface area contributed by atoms with Gasteiger partial charge in [0.15, 0.2) is 0 Å². The van der Waals surface area contributed by atoms with Gasteiger partial charge in [0.2, 0.25) is 0 Å². The first kappa shape index (κ1) is 36.4. The van der Waals surface area contributed by atoms with Crippen LogP contribution in [0.3, 0.4) is 0 Å². The highest BCUT2D eigenvalue weighted by Gasteiger charge is 2.32. The van der Waals surface area contributed by atoms with Crippen molar-refractivity contribution in [3.05, 3.63) is 200 Å². The third-order valence-corrected chi connectivity index (χ3v) is 15.7. The summed E-state index contributed by atoms with van der Waals surface area (Å²) in [6.45, 7) is 18.1. The normalized spacial score (nSPS) is 12.9. The summed E-state index contributed by atoms with van der Waals surface area (Å²) in [4.78, 5) is 0. The Morgan fingerprint density at radius 2 is 0.815 bits per heavy atom. The zero-order valence-corrected chi connectivity index (χ0v) is 34.8. The Morgan fingerprint density at radius 1 is 0.389 bits per heavy atom. The second-order valence-electron chi connectivity index (χ2n) is 15.7. The van der Waals surface area contributed by atoms with Crippen molar-refractivity contribution in [2.75, 3.05) is 0 Å². The van der Waals surface area contributed by atoms with E-state index in [2.05, 4.69) is 189 Å². The summed E-state index contributed by atoms with van der Waals surface area (Å²) < 4.78 is 0. The summed E-state index contributed by atoms with van der Waals surface area (Å²) in [5.41, 5.74) is 16.3. The smallest absolute Gasteiger partial charge is 0.00122 e. The van der Waals surface area contributed by atoms with E-state index in [1.807, 2.05) is 0 Å². The molecule has 0 aliphatic heterocycles. The molecule has 0 bridgehead atoms. The zero-order chi connectivity index (χ0) is 37.7. The quantitative estimate of drug-likeness (QED) is 0.143. The van der Waals surface area contributed by atoms with Gasteiger partial charge in [-0.2, -0.15) is 0 Å². The fourth-order valence-corrected chi connectivity index (χ4v) is 14.8. The number of hydrogen-bond donors (Lipinski definition) is 0. The van der Waals surface area contributed by atoms with Gasteiger partial charge < -0.3 is 0 Å². The first-order chi connectivity index (χ1) is 26.0. The van der Waals surface area contributed by atoms with Crippen LogP contribution in [0.5, 0.6) is 0 Å². The maximum atomic E-state index is 2.50. The van der Waals surface area contributed by atoms with Crippen LogP contribution in [0.15, 0.2) is 139 Å². The molecule has 1 aliphatic rings. The predicted molar refractivity (Wildman–Crippen MR) is 240 cm³/mol. The van der Waals surface area contributed by atoms with Crippen LogP contribution in [0, 0.1) is 55.4 Å². The van der Waals surface area contributed by atoms with Crippen molar-refractivity contribution in [1.82, 2.24) is 0 Å². The third kappa shape index (κ3) is 7.16. The van der Waals surface area contributed by atoms with Crippen LogP contribution in [0.4, 0.5) is 0 Å². The molecule has 0 radical (unpaired) electrons. The second kappa shape index (κ2) is 14.9. The molecule has 0 nitrogen and oxygen atoms in total. The highest BCUT2D eigenvalue weighted by atomic mass is 31.1. The molecule has 0 heterocycles. The Bertz CT molecular complexity index is 2420. The Labute approximate surface area is 325 Å². The summed E-state index contributed by atoms with van der Waals surface area (Å²) in [6.07, 6.45) is 2.08. The van der Waals surface area contributed by atoms with Crippen LogP contribution in [0.1, 0.15) is 67.6 Å². The van der Waals surface area contributed by atoms with E-state index in [4.69, 9.17) is 0 Å². The van der Waals surface area contributed by atoms with Gasteiger partial charge in [0.1, 0.15) is 0 Å². The number of aryl methyl sites for hydroxylation is 9. The van der Waals surface area contributed by atoms with E-state index in [0.717, 1.165) is 12.8 Å². The van der Waals surface area contributed by atoms with E-state index in [9.17, 15) is 0 Å². The third-order valence-electron chi connectivity index (χ3n) is 10.7. The molecule has 54 heavy (non-hydrogen) atoms. The Balaban J connectivity index is 1.55. The van der Waals surface area contributed by atoms with Crippen molar-refractivity contribution in [2.45, 2.75) is 68.2 Å². The number of rotatable bonds is 7. The number of allylic oxidation sites excluding steroid dienone is 1. The first-order valence-corrected chi connectivity index (χ1v) is 22.0. The van der Waals surface area contributed by atoms with Gasteiger partial charge in [0.05, 0.1) is 0 Å². The van der Waals surface area contributed by atoms with Gasteiger partial charge >= 0.3 is 0 Å². The van der Waals surface area contributed by atoms with Crippen molar-refractivity contribution in [2.24, 2.45) is 0 Å². The number of hydrogen-bond acceptors (Lipinski definition) is 0. The molecule has 0 amide bonds. The monoisotopic (exact) mass is 736 g/mol. The van der Waals surface area contributed by atoms with Crippen LogP contribution < -0.4 is 26.5 Å². The van der Waals surface area contributed by atoms with E-state index in [1.165, 1.54) is 104 Å². The van der Waals surface area contributed by atoms with Gasteiger partial charge in [0, 0.05) is 0 Å². The molecule has 2 heteroatoms. The first-order valence-electron chi connectivity index (χ1n) is 19.3. The molecule has 0 N–H and O–H groups in total. The molecular formula is C52H50P2. The van der Waals surface area contributed by atoms with Gasteiger partial charge in [0.25, 0.3) is 0 Å². The molecule has 0 unspecified atom stereocenters. The lowest BCUT2D eigenvalue weighted by atomic mass is 9.85.